The van der Waals surface area contributed by atoms with Gasteiger partial charge in [-0.1, -0.05) is 29.9 Å². The fraction of sp³-hybridized carbons (Fsp3) is 0.312. The summed E-state index contributed by atoms with van der Waals surface area (Å²) in [6.07, 6.45) is 9.15. The molecule has 0 atom stereocenters. The molecule has 0 unspecified atom stereocenters. The lowest BCUT2D eigenvalue weighted by atomic mass is 9.81. The van der Waals surface area contributed by atoms with Gasteiger partial charge in [-0.05, 0) is 55.4 Å². The van der Waals surface area contributed by atoms with Crippen molar-refractivity contribution in [3.8, 4) is 0 Å². The molecule has 1 aromatic rings. The van der Waals surface area contributed by atoms with E-state index in [2.05, 4.69) is 24.3 Å². The van der Waals surface area contributed by atoms with Gasteiger partial charge >= 0.3 is 0 Å². The molecule has 0 saturated heterocycles. The summed E-state index contributed by atoms with van der Waals surface area (Å²) in [5, 5.41) is 0. The normalized spacial score (nSPS) is 17.7. The molecule has 1 nitrogen and oxygen atoms in total. The summed E-state index contributed by atoms with van der Waals surface area (Å²) < 4.78 is 0. The van der Waals surface area contributed by atoms with Crippen LogP contribution >= 0.6 is 0 Å². The third-order valence-electron chi connectivity index (χ3n) is 3.78. The molecule has 3 rings (SSSR count). The van der Waals surface area contributed by atoms with E-state index < -0.39 is 0 Å². The first kappa shape index (κ1) is 10.5. The van der Waals surface area contributed by atoms with Crippen LogP contribution in [0.25, 0.3) is 5.57 Å². The third-order valence-corrected chi connectivity index (χ3v) is 3.78. The van der Waals surface area contributed by atoms with Crippen LogP contribution in [0.3, 0.4) is 0 Å². The second-order valence-electron chi connectivity index (χ2n) is 4.89. The van der Waals surface area contributed by atoms with Crippen LogP contribution in [-0.2, 0) is 6.42 Å². The number of hydrogen-bond donors (Lipinski definition) is 0. The predicted octanol–water partition coefficient (Wildman–Crippen LogP) is 3.94. The van der Waals surface area contributed by atoms with E-state index in [1.54, 1.807) is 12.5 Å². The molecule has 0 amide bonds. The maximum atomic E-state index is 11.4. The van der Waals surface area contributed by atoms with Crippen LogP contribution in [-0.4, -0.2) is 5.78 Å². The van der Waals surface area contributed by atoms with Crippen molar-refractivity contribution in [2.75, 3.05) is 0 Å². The van der Waals surface area contributed by atoms with Gasteiger partial charge in [-0.25, -0.2) is 0 Å². The zero-order chi connectivity index (χ0) is 11.8. The average molecular weight is 224 g/mol. The first-order chi connectivity index (χ1) is 8.25. The minimum atomic E-state index is 0.159. The van der Waals surface area contributed by atoms with E-state index in [0.29, 0.717) is 0 Å². The first-order valence-corrected chi connectivity index (χ1v) is 6.28. The lowest BCUT2D eigenvalue weighted by molar-refractivity contribution is 0.101. The average Bonchev–Trinajstić information content (AvgIpc) is 2.38. The van der Waals surface area contributed by atoms with Crippen molar-refractivity contribution in [3.63, 3.8) is 0 Å². The lowest BCUT2D eigenvalue weighted by Gasteiger charge is -2.24. The molecule has 0 aromatic heterocycles. The number of rotatable bonds is 1. The van der Waals surface area contributed by atoms with Crippen molar-refractivity contribution in [2.24, 2.45) is 0 Å². The summed E-state index contributed by atoms with van der Waals surface area (Å²) in [7, 11) is 0. The molecule has 0 N–H and O–H groups in total. The van der Waals surface area contributed by atoms with E-state index in [0.717, 1.165) is 18.4 Å². The maximum Gasteiger partial charge on any atom is 0.159 e. The van der Waals surface area contributed by atoms with Crippen molar-refractivity contribution in [2.45, 2.75) is 32.6 Å². The number of benzene rings is 1. The molecule has 0 fully saturated rings. The van der Waals surface area contributed by atoms with E-state index in [-0.39, 0.29) is 5.78 Å². The molecule has 0 radical (unpaired) electrons. The Hall–Kier alpha value is -1.63. The molecule has 86 valence electrons. The fourth-order valence-corrected chi connectivity index (χ4v) is 2.82. The topological polar surface area (TPSA) is 17.1 Å². The summed E-state index contributed by atoms with van der Waals surface area (Å²) >= 11 is 0. The molecule has 0 aliphatic heterocycles. The quantitative estimate of drug-likeness (QED) is 0.660. The van der Waals surface area contributed by atoms with Gasteiger partial charge < -0.3 is 0 Å². The Morgan fingerprint density at radius 3 is 2.88 bits per heavy atom. The first-order valence-electron chi connectivity index (χ1n) is 6.28. The molecular weight excluding hydrogens is 208 g/mol. The Bertz CT molecular complexity index is 547. The van der Waals surface area contributed by atoms with Crippen LogP contribution in [0.15, 0.2) is 35.9 Å². The molecule has 2 aliphatic rings. The van der Waals surface area contributed by atoms with Gasteiger partial charge in [0.1, 0.15) is 0 Å². The maximum absolute atomic E-state index is 11.4. The highest BCUT2D eigenvalue weighted by Crippen LogP contribution is 2.37. The highest BCUT2D eigenvalue weighted by molar-refractivity contribution is 5.95. The Kier molecular flexibility index (Phi) is 2.47. The molecule has 2 aliphatic carbocycles. The van der Waals surface area contributed by atoms with Crippen molar-refractivity contribution in [3.05, 3.63) is 52.6 Å². The highest BCUT2D eigenvalue weighted by atomic mass is 16.1. The van der Waals surface area contributed by atoms with Gasteiger partial charge in [0, 0.05) is 5.56 Å². The van der Waals surface area contributed by atoms with Gasteiger partial charge in [-0.3, -0.25) is 4.79 Å². The molecular formula is C16H16O. The molecule has 17 heavy (non-hydrogen) atoms. The van der Waals surface area contributed by atoms with Crippen molar-refractivity contribution < 1.29 is 4.79 Å². The molecule has 0 heterocycles. The van der Waals surface area contributed by atoms with Crippen molar-refractivity contribution >= 4 is 11.4 Å². The van der Waals surface area contributed by atoms with E-state index in [4.69, 9.17) is 0 Å². The minimum absolute atomic E-state index is 0.159. The van der Waals surface area contributed by atoms with Crippen molar-refractivity contribution in [1.82, 2.24) is 0 Å². The smallest absolute Gasteiger partial charge is 0.159 e. The SMILES string of the molecule is CC(=O)c1ccc2c(c1)CCC1=C2C=CCC1. The zero-order valence-electron chi connectivity index (χ0n) is 10.1. The van der Waals surface area contributed by atoms with Crippen LogP contribution < -0.4 is 0 Å². The molecule has 0 saturated carbocycles. The summed E-state index contributed by atoms with van der Waals surface area (Å²) in [5.74, 6) is 0.159. The summed E-state index contributed by atoms with van der Waals surface area (Å²) in [6, 6.07) is 6.15. The second-order valence-corrected chi connectivity index (χ2v) is 4.89. The van der Waals surface area contributed by atoms with E-state index >= 15 is 0 Å². The van der Waals surface area contributed by atoms with Crippen LogP contribution in [0.4, 0.5) is 0 Å². The van der Waals surface area contributed by atoms with Crippen LogP contribution in [0.1, 0.15) is 47.7 Å². The predicted molar refractivity (Wildman–Crippen MR) is 70.1 cm³/mol. The number of ketones is 1. The molecule has 1 aromatic carbocycles. The van der Waals surface area contributed by atoms with E-state index in [1.807, 2.05) is 6.07 Å². The molecule has 1 heteroatoms. The van der Waals surface area contributed by atoms with Gasteiger partial charge in [0.15, 0.2) is 5.78 Å². The Labute approximate surface area is 102 Å². The van der Waals surface area contributed by atoms with Gasteiger partial charge in [0.25, 0.3) is 0 Å². The third kappa shape index (κ3) is 1.76. The number of Topliss-reactive ketones (excluding diaryl/α,β-unsaturated/α-hetero) is 1. The minimum Gasteiger partial charge on any atom is -0.295 e. The van der Waals surface area contributed by atoms with Crippen LogP contribution in [0.2, 0.25) is 0 Å². The number of carbonyl (C=O) groups excluding carboxylic acids is 1. The monoisotopic (exact) mass is 224 g/mol. The van der Waals surface area contributed by atoms with E-state index in [9.17, 15) is 4.79 Å². The standard InChI is InChI=1S/C16H16O/c1-11(17)13-8-9-16-14(10-13)7-6-12-4-2-3-5-15(12)16/h3,5,8-10H,2,4,6-7H2,1H3. The molecule has 0 spiro atoms. The summed E-state index contributed by atoms with van der Waals surface area (Å²) in [5.41, 5.74) is 6.52. The molecule has 0 bridgehead atoms. The number of hydrogen-bond acceptors (Lipinski definition) is 1. The largest absolute Gasteiger partial charge is 0.295 e. The highest BCUT2D eigenvalue weighted by Gasteiger charge is 2.19. The van der Waals surface area contributed by atoms with Crippen LogP contribution in [0.5, 0.6) is 0 Å². The number of aryl methyl sites for hydroxylation is 1. The second kappa shape index (κ2) is 3.99. The lowest BCUT2D eigenvalue weighted by Crippen LogP contribution is -2.07. The number of allylic oxidation sites excluding steroid dienone is 4. The van der Waals surface area contributed by atoms with Gasteiger partial charge in [0.05, 0.1) is 0 Å². The van der Waals surface area contributed by atoms with Crippen LogP contribution in [0, 0.1) is 0 Å². The number of fused-ring (bicyclic) bond motifs is 2. The fourth-order valence-electron chi connectivity index (χ4n) is 2.82. The Morgan fingerprint density at radius 2 is 2.06 bits per heavy atom. The van der Waals surface area contributed by atoms with Gasteiger partial charge in [-0.2, -0.15) is 0 Å². The van der Waals surface area contributed by atoms with Gasteiger partial charge in [0.2, 0.25) is 0 Å². The van der Waals surface area contributed by atoms with Crippen molar-refractivity contribution in [1.29, 1.82) is 0 Å². The Morgan fingerprint density at radius 1 is 1.18 bits per heavy atom. The summed E-state index contributed by atoms with van der Waals surface area (Å²) in [6.45, 7) is 1.63. The van der Waals surface area contributed by atoms with E-state index in [1.165, 1.54) is 29.5 Å². The Balaban J connectivity index is 2.11. The summed E-state index contributed by atoms with van der Waals surface area (Å²) in [4.78, 5) is 11.4. The number of carbonyl (C=O) groups is 1. The van der Waals surface area contributed by atoms with Gasteiger partial charge in [-0.15, -0.1) is 0 Å². The zero-order valence-corrected chi connectivity index (χ0v) is 10.1.